The van der Waals surface area contributed by atoms with Crippen LogP contribution < -0.4 is 10.6 Å². The van der Waals surface area contributed by atoms with Crippen LogP contribution in [-0.4, -0.2) is 11.4 Å². The first-order valence-corrected chi connectivity index (χ1v) is 7.18. The van der Waals surface area contributed by atoms with Crippen molar-refractivity contribution in [3.63, 3.8) is 0 Å². The summed E-state index contributed by atoms with van der Waals surface area (Å²) >= 11 is 6.97. The summed E-state index contributed by atoms with van der Waals surface area (Å²) in [7, 11) is 0. The molecule has 0 radical (unpaired) electrons. The smallest absolute Gasteiger partial charge is 0.175 e. The van der Waals surface area contributed by atoms with Gasteiger partial charge in [0.1, 0.15) is 0 Å². The quantitative estimate of drug-likeness (QED) is 0.646. The van der Waals surface area contributed by atoms with Gasteiger partial charge in [-0.05, 0) is 54.9 Å². The molecular formula is C14H14N2S2. The minimum Gasteiger partial charge on any atom is -0.332 e. The Balaban J connectivity index is 1.94. The Morgan fingerprint density at radius 3 is 2.00 bits per heavy atom. The van der Waals surface area contributed by atoms with E-state index >= 15 is 0 Å². The summed E-state index contributed by atoms with van der Waals surface area (Å²) in [5.74, 6) is 0. The summed E-state index contributed by atoms with van der Waals surface area (Å²) < 4.78 is 0. The minimum absolute atomic E-state index is 0.595. The van der Waals surface area contributed by atoms with Crippen LogP contribution >= 0.6 is 24.0 Å². The van der Waals surface area contributed by atoms with Crippen LogP contribution in [0.4, 0.5) is 11.4 Å². The molecule has 92 valence electrons. The van der Waals surface area contributed by atoms with Gasteiger partial charge >= 0.3 is 0 Å². The Kier molecular flexibility index (Phi) is 4.61. The highest BCUT2D eigenvalue weighted by atomic mass is 32.2. The molecule has 2 rings (SSSR count). The summed E-state index contributed by atoms with van der Waals surface area (Å²) in [6.45, 7) is 0. The highest BCUT2D eigenvalue weighted by molar-refractivity contribution is 7.98. The van der Waals surface area contributed by atoms with E-state index in [0.717, 1.165) is 11.4 Å². The van der Waals surface area contributed by atoms with Gasteiger partial charge in [-0.25, -0.2) is 0 Å². The van der Waals surface area contributed by atoms with E-state index in [9.17, 15) is 0 Å². The molecule has 0 amide bonds. The Bertz CT molecular complexity index is 509. The zero-order valence-electron chi connectivity index (χ0n) is 10.0. The van der Waals surface area contributed by atoms with Crippen LogP contribution in [-0.2, 0) is 0 Å². The van der Waals surface area contributed by atoms with Gasteiger partial charge < -0.3 is 10.6 Å². The van der Waals surface area contributed by atoms with Crippen molar-refractivity contribution in [2.75, 3.05) is 16.9 Å². The molecule has 0 saturated carbocycles. The van der Waals surface area contributed by atoms with Crippen LogP contribution in [0.25, 0.3) is 0 Å². The van der Waals surface area contributed by atoms with Crippen molar-refractivity contribution in [2.24, 2.45) is 0 Å². The fraction of sp³-hybridized carbons (Fsp3) is 0.0714. The third-order valence-electron chi connectivity index (χ3n) is 2.38. The SMILES string of the molecule is CSc1ccc(NC(=S)Nc2ccccc2)cc1. The lowest BCUT2D eigenvalue weighted by molar-refractivity contribution is 1.46. The Morgan fingerprint density at radius 1 is 0.889 bits per heavy atom. The molecule has 4 heteroatoms. The third-order valence-corrected chi connectivity index (χ3v) is 3.33. The molecule has 0 spiro atoms. The third kappa shape index (κ3) is 3.75. The number of nitrogens with one attached hydrogen (secondary N) is 2. The Morgan fingerprint density at radius 2 is 1.44 bits per heavy atom. The van der Waals surface area contributed by atoms with Gasteiger partial charge in [-0.15, -0.1) is 11.8 Å². The number of thioether (sulfide) groups is 1. The predicted molar refractivity (Wildman–Crippen MR) is 84.5 cm³/mol. The molecule has 0 saturated heterocycles. The molecule has 0 bridgehead atoms. The molecule has 0 aliphatic rings. The van der Waals surface area contributed by atoms with E-state index in [1.54, 1.807) is 11.8 Å². The molecule has 2 aromatic rings. The molecule has 2 N–H and O–H groups in total. The maximum atomic E-state index is 5.25. The topological polar surface area (TPSA) is 24.1 Å². The maximum Gasteiger partial charge on any atom is 0.175 e. The van der Waals surface area contributed by atoms with Crippen LogP contribution in [0.1, 0.15) is 0 Å². The number of benzene rings is 2. The van der Waals surface area contributed by atoms with Crippen LogP contribution in [0.2, 0.25) is 0 Å². The van der Waals surface area contributed by atoms with Crippen molar-refractivity contribution in [3.05, 3.63) is 54.6 Å². The lowest BCUT2D eigenvalue weighted by Crippen LogP contribution is -2.18. The van der Waals surface area contributed by atoms with Gasteiger partial charge in [-0.1, -0.05) is 18.2 Å². The van der Waals surface area contributed by atoms with E-state index in [-0.39, 0.29) is 0 Å². The van der Waals surface area contributed by atoms with E-state index in [1.807, 2.05) is 42.5 Å². The van der Waals surface area contributed by atoms with E-state index < -0.39 is 0 Å². The number of para-hydroxylation sites is 1. The van der Waals surface area contributed by atoms with Crippen molar-refractivity contribution < 1.29 is 0 Å². The van der Waals surface area contributed by atoms with E-state index in [4.69, 9.17) is 12.2 Å². The van der Waals surface area contributed by atoms with Crippen LogP contribution in [0.3, 0.4) is 0 Å². The summed E-state index contributed by atoms with van der Waals surface area (Å²) in [4.78, 5) is 1.24. The number of hydrogen-bond acceptors (Lipinski definition) is 2. The van der Waals surface area contributed by atoms with Crippen LogP contribution in [0.15, 0.2) is 59.5 Å². The molecule has 2 nitrogen and oxygen atoms in total. The molecular weight excluding hydrogens is 260 g/mol. The van der Waals surface area contributed by atoms with Crippen molar-refractivity contribution >= 4 is 40.5 Å². The van der Waals surface area contributed by atoms with E-state index in [1.165, 1.54) is 4.90 Å². The lowest BCUT2D eigenvalue weighted by atomic mass is 10.3. The minimum atomic E-state index is 0.595. The zero-order chi connectivity index (χ0) is 12.8. The Hall–Kier alpha value is -1.52. The maximum absolute atomic E-state index is 5.25. The van der Waals surface area contributed by atoms with Crippen molar-refractivity contribution in [2.45, 2.75) is 4.90 Å². The zero-order valence-corrected chi connectivity index (χ0v) is 11.6. The number of hydrogen-bond donors (Lipinski definition) is 2. The van der Waals surface area contributed by atoms with Crippen LogP contribution in [0.5, 0.6) is 0 Å². The molecule has 0 atom stereocenters. The molecule has 18 heavy (non-hydrogen) atoms. The molecule has 0 heterocycles. The number of anilines is 2. The second-order valence-electron chi connectivity index (χ2n) is 3.67. The summed E-state index contributed by atoms with van der Waals surface area (Å²) in [6, 6.07) is 18.0. The van der Waals surface area contributed by atoms with Crippen molar-refractivity contribution in [1.29, 1.82) is 0 Å². The Labute approximate surface area is 117 Å². The lowest BCUT2D eigenvalue weighted by Gasteiger charge is -2.10. The molecule has 0 aliphatic heterocycles. The van der Waals surface area contributed by atoms with Gasteiger partial charge in [-0.3, -0.25) is 0 Å². The number of rotatable bonds is 3. The summed E-state index contributed by atoms with van der Waals surface area (Å²) in [5.41, 5.74) is 1.97. The second-order valence-corrected chi connectivity index (χ2v) is 4.96. The number of thiocarbonyl (C=S) groups is 1. The van der Waals surface area contributed by atoms with Gasteiger partial charge in [-0.2, -0.15) is 0 Å². The summed E-state index contributed by atoms with van der Waals surface area (Å²) in [5, 5.41) is 6.88. The molecule has 0 aliphatic carbocycles. The summed E-state index contributed by atoms with van der Waals surface area (Å²) in [6.07, 6.45) is 2.06. The first-order chi connectivity index (χ1) is 8.78. The van der Waals surface area contributed by atoms with Crippen molar-refractivity contribution in [1.82, 2.24) is 0 Å². The highest BCUT2D eigenvalue weighted by Crippen LogP contribution is 2.17. The predicted octanol–water partition coefficient (Wildman–Crippen LogP) is 4.22. The fourth-order valence-corrected chi connectivity index (χ4v) is 2.13. The van der Waals surface area contributed by atoms with Crippen molar-refractivity contribution in [3.8, 4) is 0 Å². The van der Waals surface area contributed by atoms with Crippen LogP contribution in [0, 0.1) is 0 Å². The van der Waals surface area contributed by atoms with E-state index in [2.05, 4.69) is 29.0 Å². The van der Waals surface area contributed by atoms with Gasteiger partial charge in [0.15, 0.2) is 5.11 Å². The average molecular weight is 274 g/mol. The van der Waals surface area contributed by atoms with Gasteiger partial charge in [0.05, 0.1) is 0 Å². The highest BCUT2D eigenvalue weighted by Gasteiger charge is 1.98. The van der Waals surface area contributed by atoms with Gasteiger partial charge in [0.2, 0.25) is 0 Å². The molecule has 2 aromatic carbocycles. The first kappa shape index (κ1) is 12.9. The van der Waals surface area contributed by atoms with Gasteiger partial charge in [0, 0.05) is 16.3 Å². The van der Waals surface area contributed by atoms with E-state index in [0.29, 0.717) is 5.11 Å². The average Bonchev–Trinajstić information content (AvgIpc) is 2.40. The monoisotopic (exact) mass is 274 g/mol. The second kappa shape index (κ2) is 6.42. The first-order valence-electron chi connectivity index (χ1n) is 5.55. The standard InChI is InChI=1S/C14H14N2S2/c1-18-13-9-7-12(8-10-13)16-14(17)15-11-5-3-2-4-6-11/h2-10H,1H3,(H2,15,16,17). The molecule has 0 fully saturated rings. The fourth-order valence-electron chi connectivity index (χ4n) is 1.49. The van der Waals surface area contributed by atoms with Gasteiger partial charge in [0.25, 0.3) is 0 Å². The largest absolute Gasteiger partial charge is 0.332 e. The molecule has 0 unspecified atom stereocenters. The molecule has 0 aromatic heterocycles. The normalized spacial score (nSPS) is 9.83.